The van der Waals surface area contributed by atoms with Crippen LogP contribution >= 0.6 is 0 Å². The van der Waals surface area contributed by atoms with E-state index < -0.39 is 11.6 Å². The first-order valence-electron chi connectivity index (χ1n) is 7.59. The van der Waals surface area contributed by atoms with E-state index in [1.807, 2.05) is 6.07 Å². The van der Waals surface area contributed by atoms with Gasteiger partial charge in [-0.2, -0.15) is 0 Å². The number of aromatic nitrogens is 1. The molecule has 2 aromatic rings. The Bertz CT molecular complexity index is 764. The van der Waals surface area contributed by atoms with E-state index in [1.54, 1.807) is 6.92 Å². The molecule has 0 saturated heterocycles. The molecule has 1 aliphatic carbocycles. The summed E-state index contributed by atoms with van der Waals surface area (Å²) in [6.45, 7) is 1.74. The van der Waals surface area contributed by atoms with Gasteiger partial charge in [-0.1, -0.05) is 0 Å². The van der Waals surface area contributed by atoms with Gasteiger partial charge in [-0.05, 0) is 44.4 Å². The van der Waals surface area contributed by atoms with Crippen LogP contribution < -0.4 is 5.32 Å². The van der Waals surface area contributed by atoms with E-state index in [9.17, 15) is 13.6 Å². The number of halogens is 2. The van der Waals surface area contributed by atoms with E-state index in [0.29, 0.717) is 23.2 Å². The van der Waals surface area contributed by atoms with Crippen LogP contribution in [0.4, 0.5) is 14.5 Å². The highest BCUT2D eigenvalue weighted by atomic mass is 19.2. The van der Waals surface area contributed by atoms with Crippen LogP contribution in [0, 0.1) is 24.5 Å². The molecule has 0 radical (unpaired) electrons. The number of fused-ring (bicyclic) bond motifs is 1. The quantitative estimate of drug-likeness (QED) is 0.878. The van der Waals surface area contributed by atoms with Crippen molar-refractivity contribution >= 4 is 22.6 Å². The number of methoxy groups -OCH3 is 1. The lowest BCUT2D eigenvalue weighted by atomic mass is 10.1. The molecule has 0 bridgehead atoms. The predicted octanol–water partition coefficient (Wildman–Crippen LogP) is 3.58. The van der Waals surface area contributed by atoms with Gasteiger partial charge in [-0.3, -0.25) is 4.79 Å². The van der Waals surface area contributed by atoms with Crippen molar-refractivity contribution < 1.29 is 18.3 Å². The Kier molecular flexibility index (Phi) is 4.15. The van der Waals surface area contributed by atoms with Crippen LogP contribution in [0.25, 0.3) is 10.9 Å². The number of aryl methyl sites for hydroxylation is 1. The van der Waals surface area contributed by atoms with Crippen molar-refractivity contribution in [1.82, 2.24) is 4.98 Å². The molecule has 1 aliphatic rings. The summed E-state index contributed by atoms with van der Waals surface area (Å²) in [5.74, 6) is -2.15. The zero-order chi connectivity index (χ0) is 16.6. The zero-order valence-electron chi connectivity index (χ0n) is 13.0. The number of nitrogens with one attached hydrogen (secondary N) is 1. The molecule has 1 aromatic carbocycles. The second-order valence-electron chi connectivity index (χ2n) is 5.94. The fourth-order valence-corrected chi connectivity index (χ4v) is 3.19. The zero-order valence-corrected chi connectivity index (χ0v) is 13.0. The topological polar surface area (TPSA) is 51.2 Å². The number of hydrogen-bond donors (Lipinski definition) is 1. The highest BCUT2D eigenvalue weighted by molar-refractivity contribution is 5.92. The molecule has 0 unspecified atom stereocenters. The van der Waals surface area contributed by atoms with Crippen molar-refractivity contribution in [3.05, 3.63) is 35.5 Å². The van der Waals surface area contributed by atoms with Gasteiger partial charge in [0.1, 0.15) is 5.52 Å². The Hall–Kier alpha value is -2.24. The minimum absolute atomic E-state index is 0.0232. The van der Waals surface area contributed by atoms with Gasteiger partial charge in [0.15, 0.2) is 11.6 Å². The van der Waals surface area contributed by atoms with E-state index >= 15 is 0 Å². The standard InChI is InChI=1S/C17H18F2N2O2/c1-9-7-14(12-5-6-13(18)15(19)16(12)20-9)21-11-4-3-10(8-11)17(22)23-2/h5-7,10-11H,3-4,8H2,1-2H3,(H,20,21)/t10-,11+/m0/s1. The van der Waals surface area contributed by atoms with Crippen molar-refractivity contribution in [3.8, 4) is 0 Å². The van der Waals surface area contributed by atoms with Crippen molar-refractivity contribution in [2.24, 2.45) is 5.92 Å². The van der Waals surface area contributed by atoms with Gasteiger partial charge in [-0.25, -0.2) is 13.8 Å². The Labute approximate surface area is 132 Å². The molecule has 1 aromatic heterocycles. The number of benzene rings is 1. The first-order chi connectivity index (χ1) is 11.0. The fraction of sp³-hybridized carbons (Fsp3) is 0.412. The number of carbonyl (C=O) groups is 1. The van der Waals surface area contributed by atoms with Crippen LogP contribution in [0.5, 0.6) is 0 Å². The van der Waals surface area contributed by atoms with Crippen molar-refractivity contribution in [1.29, 1.82) is 0 Å². The number of anilines is 1. The molecular formula is C17H18F2N2O2. The number of ether oxygens (including phenoxy) is 1. The van der Waals surface area contributed by atoms with Crippen LogP contribution in [0.3, 0.4) is 0 Å². The molecule has 1 fully saturated rings. The van der Waals surface area contributed by atoms with Crippen molar-refractivity contribution in [2.45, 2.75) is 32.2 Å². The molecule has 1 saturated carbocycles. The van der Waals surface area contributed by atoms with Crippen LogP contribution in [0.2, 0.25) is 0 Å². The fourth-order valence-electron chi connectivity index (χ4n) is 3.19. The number of esters is 1. The molecule has 6 heteroatoms. The maximum atomic E-state index is 14.0. The molecule has 0 amide bonds. The van der Waals surface area contributed by atoms with E-state index in [1.165, 1.54) is 13.2 Å². The van der Waals surface area contributed by atoms with Gasteiger partial charge < -0.3 is 10.1 Å². The summed E-state index contributed by atoms with van der Waals surface area (Å²) in [5.41, 5.74) is 1.34. The SMILES string of the molecule is COC(=O)[C@H]1CC[C@@H](Nc2cc(C)nc3c(F)c(F)ccc23)C1. The highest BCUT2D eigenvalue weighted by Crippen LogP contribution is 2.32. The molecule has 1 N–H and O–H groups in total. The minimum atomic E-state index is -0.937. The van der Waals surface area contributed by atoms with Crippen molar-refractivity contribution in [2.75, 3.05) is 12.4 Å². The third-order valence-corrected chi connectivity index (χ3v) is 4.33. The van der Waals surface area contributed by atoms with Crippen LogP contribution in [0.15, 0.2) is 18.2 Å². The molecule has 122 valence electrons. The van der Waals surface area contributed by atoms with Crippen LogP contribution in [-0.4, -0.2) is 24.1 Å². The monoisotopic (exact) mass is 320 g/mol. The number of carbonyl (C=O) groups excluding carboxylic acids is 1. The predicted molar refractivity (Wildman–Crippen MR) is 83.2 cm³/mol. The second kappa shape index (κ2) is 6.10. The lowest BCUT2D eigenvalue weighted by Gasteiger charge is -2.17. The molecular weight excluding hydrogens is 302 g/mol. The molecule has 0 aliphatic heterocycles. The molecule has 1 heterocycles. The molecule has 4 nitrogen and oxygen atoms in total. The Morgan fingerprint density at radius 3 is 2.87 bits per heavy atom. The number of hydrogen-bond acceptors (Lipinski definition) is 4. The average Bonchev–Trinajstić information content (AvgIpc) is 2.99. The summed E-state index contributed by atoms with van der Waals surface area (Å²) in [6, 6.07) is 4.53. The normalized spacial score (nSPS) is 20.7. The molecule has 2 atom stereocenters. The highest BCUT2D eigenvalue weighted by Gasteiger charge is 2.30. The molecule has 23 heavy (non-hydrogen) atoms. The Morgan fingerprint density at radius 1 is 1.35 bits per heavy atom. The van der Waals surface area contributed by atoms with E-state index in [4.69, 9.17) is 4.74 Å². The first kappa shape index (κ1) is 15.6. The van der Waals surface area contributed by atoms with E-state index in [2.05, 4.69) is 10.3 Å². The third-order valence-electron chi connectivity index (χ3n) is 4.33. The smallest absolute Gasteiger partial charge is 0.308 e. The lowest BCUT2D eigenvalue weighted by Crippen LogP contribution is -2.19. The Morgan fingerprint density at radius 2 is 2.13 bits per heavy atom. The first-order valence-corrected chi connectivity index (χ1v) is 7.59. The van der Waals surface area contributed by atoms with Crippen molar-refractivity contribution in [3.63, 3.8) is 0 Å². The largest absolute Gasteiger partial charge is 0.469 e. The third kappa shape index (κ3) is 2.98. The summed E-state index contributed by atoms with van der Waals surface area (Å²) in [7, 11) is 1.39. The summed E-state index contributed by atoms with van der Waals surface area (Å²) in [4.78, 5) is 15.7. The van der Waals surface area contributed by atoms with Gasteiger partial charge in [0.05, 0.1) is 13.0 Å². The van der Waals surface area contributed by atoms with Crippen LogP contribution in [0.1, 0.15) is 25.0 Å². The van der Waals surface area contributed by atoms with Gasteiger partial charge >= 0.3 is 5.97 Å². The number of pyridine rings is 1. The van der Waals surface area contributed by atoms with Gasteiger partial charge in [0.2, 0.25) is 0 Å². The lowest BCUT2D eigenvalue weighted by molar-refractivity contribution is -0.145. The average molecular weight is 320 g/mol. The summed E-state index contributed by atoms with van der Waals surface area (Å²) < 4.78 is 32.2. The van der Waals surface area contributed by atoms with Crippen LogP contribution in [-0.2, 0) is 9.53 Å². The maximum absolute atomic E-state index is 14.0. The van der Waals surface area contributed by atoms with E-state index in [-0.39, 0.29) is 23.4 Å². The number of nitrogens with zero attached hydrogens (tertiary/aromatic N) is 1. The van der Waals surface area contributed by atoms with Gasteiger partial charge in [0, 0.05) is 22.8 Å². The second-order valence-corrected chi connectivity index (χ2v) is 5.94. The molecule has 0 spiro atoms. The summed E-state index contributed by atoms with van der Waals surface area (Å²) in [6.07, 6.45) is 2.25. The summed E-state index contributed by atoms with van der Waals surface area (Å²) in [5, 5.41) is 3.88. The number of rotatable bonds is 3. The summed E-state index contributed by atoms with van der Waals surface area (Å²) >= 11 is 0. The minimum Gasteiger partial charge on any atom is -0.469 e. The Balaban J connectivity index is 1.89. The van der Waals surface area contributed by atoms with Gasteiger partial charge in [0.25, 0.3) is 0 Å². The van der Waals surface area contributed by atoms with Gasteiger partial charge in [-0.15, -0.1) is 0 Å². The van der Waals surface area contributed by atoms with E-state index in [0.717, 1.165) is 18.9 Å². The molecule has 3 rings (SSSR count). The maximum Gasteiger partial charge on any atom is 0.308 e.